The number of carbonyl (C=O) groups excluding carboxylic acids is 1. The van der Waals surface area contributed by atoms with Crippen LogP contribution in [0.15, 0.2) is 15.4 Å². The van der Waals surface area contributed by atoms with Crippen LogP contribution >= 0.6 is 27.5 Å². The quantitative estimate of drug-likeness (QED) is 0.400. The van der Waals surface area contributed by atoms with Crippen LogP contribution in [0.4, 0.5) is 14.9 Å². The van der Waals surface area contributed by atoms with E-state index in [1.54, 1.807) is 4.72 Å². The van der Waals surface area contributed by atoms with Crippen LogP contribution in [0.2, 0.25) is 5.02 Å². The number of carbonyl (C=O) groups is 1. The van der Waals surface area contributed by atoms with Crippen molar-refractivity contribution >= 4 is 49.3 Å². The van der Waals surface area contributed by atoms with Gasteiger partial charge in [0.25, 0.3) is 10.0 Å². The predicted molar refractivity (Wildman–Crippen MR) is 82.2 cm³/mol. The van der Waals surface area contributed by atoms with Gasteiger partial charge in [-0.1, -0.05) is 24.9 Å². The normalized spacial score (nSPS) is 11.2. The second-order valence-electron chi connectivity index (χ2n) is 4.11. The Morgan fingerprint density at radius 2 is 2.14 bits per heavy atom. The lowest BCUT2D eigenvalue weighted by Crippen LogP contribution is -2.40. The standard InChI is InChI=1S/C11H14BrClFN3O3S/c1-2-3-4-16-11(18)17-21(19,20)7-5-6(13)8(12)10(15)9(7)14/h5H,2-4,15H2,1H3,(H2,16,17,18). The van der Waals surface area contributed by atoms with Gasteiger partial charge in [-0.25, -0.2) is 22.3 Å². The van der Waals surface area contributed by atoms with Crippen molar-refractivity contribution in [3.63, 3.8) is 0 Å². The topological polar surface area (TPSA) is 101 Å². The van der Waals surface area contributed by atoms with E-state index >= 15 is 0 Å². The number of anilines is 1. The minimum Gasteiger partial charge on any atom is -0.395 e. The number of unbranched alkanes of at least 4 members (excludes halogenated alkanes) is 1. The molecular formula is C11H14BrClFN3O3S. The molecule has 1 rings (SSSR count). The smallest absolute Gasteiger partial charge is 0.328 e. The summed E-state index contributed by atoms with van der Waals surface area (Å²) >= 11 is 8.68. The maximum atomic E-state index is 13.9. The van der Waals surface area contributed by atoms with Gasteiger partial charge < -0.3 is 11.1 Å². The molecule has 1 aromatic rings. The van der Waals surface area contributed by atoms with Gasteiger partial charge in [0.05, 0.1) is 15.2 Å². The van der Waals surface area contributed by atoms with Crippen molar-refractivity contribution in [3.05, 3.63) is 21.4 Å². The van der Waals surface area contributed by atoms with Crippen LogP contribution in [0.25, 0.3) is 0 Å². The van der Waals surface area contributed by atoms with Crippen molar-refractivity contribution in [1.29, 1.82) is 0 Å². The van der Waals surface area contributed by atoms with Crippen molar-refractivity contribution in [3.8, 4) is 0 Å². The maximum Gasteiger partial charge on any atom is 0.328 e. The summed E-state index contributed by atoms with van der Waals surface area (Å²) in [6.45, 7) is 2.22. The average molecular weight is 403 g/mol. The lowest BCUT2D eigenvalue weighted by Gasteiger charge is -2.11. The summed E-state index contributed by atoms with van der Waals surface area (Å²) < 4.78 is 39.6. The molecule has 4 N–H and O–H groups in total. The molecule has 0 aliphatic carbocycles. The number of rotatable bonds is 5. The first-order chi connectivity index (χ1) is 9.70. The Labute approximate surface area is 135 Å². The molecule has 0 aliphatic heterocycles. The Hall–Kier alpha value is -1.06. The van der Waals surface area contributed by atoms with Crippen molar-refractivity contribution in [2.24, 2.45) is 0 Å². The first kappa shape index (κ1) is 18.0. The second kappa shape index (κ2) is 7.28. The summed E-state index contributed by atoms with van der Waals surface area (Å²) in [7, 11) is -4.41. The molecular weight excluding hydrogens is 389 g/mol. The fourth-order valence-corrected chi connectivity index (χ4v) is 3.00. The molecule has 0 unspecified atom stereocenters. The number of nitrogens with two attached hydrogens (primary N) is 1. The van der Waals surface area contributed by atoms with Gasteiger partial charge in [-0.2, -0.15) is 0 Å². The van der Waals surface area contributed by atoms with Gasteiger partial charge in [-0.3, -0.25) is 0 Å². The van der Waals surface area contributed by atoms with E-state index in [4.69, 9.17) is 17.3 Å². The zero-order chi connectivity index (χ0) is 16.2. The molecule has 2 amide bonds. The summed E-state index contributed by atoms with van der Waals surface area (Å²) in [4.78, 5) is 10.7. The largest absolute Gasteiger partial charge is 0.395 e. The van der Waals surface area contributed by atoms with E-state index in [1.165, 1.54) is 0 Å². The molecule has 0 fully saturated rings. The third-order valence-corrected chi connectivity index (χ3v) is 5.20. The summed E-state index contributed by atoms with van der Waals surface area (Å²) in [5, 5.41) is 2.26. The zero-order valence-corrected chi connectivity index (χ0v) is 14.2. The Morgan fingerprint density at radius 3 is 2.71 bits per heavy atom. The van der Waals surface area contributed by atoms with Gasteiger partial charge in [-0.05, 0) is 28.4 Å². The van der Waals surface area contributed by atoms with Crippen LogP contribution in [0.3, 0.4) is 0 Å². The molecule has 0 atom stereocenters. The van der Waals surface area contributed by atoms with Crippen LogP contribution < -0.4 is 15.8 Å². The summed E-state index contributed by atoms with van der Waals surface area (Å²) in [5.74, 6) is -1.18. The molecule has 0 radical (unpaired) electrons. The highest BCUT2D eigenvalue weighted by Gasteiger charge is 2.25. The van der Waals surface area contributed by atoms with Gasteiger partial charge >= 0.3 is 6.03 Å². The maximum absolute atomic E-state index is 13.9. The third-order valence-electron chi connectivity index (χ3n) is 2.49. The van der Waals surface area contributed by atoms with Crippen molar-refractivity contribution in [2.75, 3.05) is 12.3 Å². The number of nitrogen functional groups attached to an aromatic ring is 1. The van der Waals surface area contributed by atoms with E-state index in [0.29, 0.717) is 13.0 Å². The number of halogens is 3. The highest BCUT2D eigenvalue weighted by Crippen LogP contribution is 2.34. The number of hydrogen-bond acceptors (Lipinski definition) is 4. The fourth-order valence-electron chi connectivity index (χ4n) is 1.39. The Kier molecular flexibility index (Phi) is 6.24. The molecule has 0 bridgehead atoms. The fraction of sp³-hybridized carbons (Fsp3) is 0.364. The molecule has 0 heterocycles. The molecule has 10 heteroatoms. The Balaban J connectivity index is 3.01. The third kappa shape index (κ3) is 4.45. The summed E-state index contributed by atoms with van der Waals surface area (Å²) in [5.41, 5.74) is 4.96. The van der Waals surface area contributed by atoms with Crippen molar-refractivity contribution in [1.82, 2.24) is 10.0 Å². The van der Waals surface area contributed by atoms with Crippen LogP contribution in [0.1, 0.15) is 19.8 Å². The molecule has 0 aliphatic rings. The number of urea groups is 1. The van der Waals surface area contributed by atoms with Gasteiger partial charge in [0, 0.05) is 6.54 Å². The zero-order valence-electron chi connectivity index (χ0n) is 11.0. The highest BCUT2D eigenvalue weighted by molar-refractivity contribution is 9.10. The number of nitrogens with one attached hydrogen (secondary N) is 2. The van der Waals surface area contributed by atoms with Gasteiger partial charge in [0.2, 0.25) is 0 Å². The van der Waals surface area contributed by atoms with E-state index in [-0.39, 0.29) is 9.50 Å². The first-order valence-corrected chi connectivity index (χ1v) is 8.59. The predicted octanol–water partition coefficient (Wildman–Crippen LogP) is 2.61. The van der Waals surface area contributed by atoms with E-state index < -0.39 is 32.5 Å². The molecule has 118 valence electrons. The number of benzene rings is 1. The highest BCUT2D eigenvalue weighted by atomic mass is 79.9. The van der Waals surface area contributed by atoms with E-state index in [9.17, 15) is 17.6 Å². The second-order valence-corrected chi connectivity index (χ2v) is 6.96. The Morgan fingerprint density at radius 1 is 1.52 bits per heavy atom. The molecule has 0 spiro atoms. The summed E-state index contributed by atoms with van der Waals surface area (Å²) in [6.07, 6.45) is 1.53. The molecule has 6 nitrogen and oxygen atoms in total. The van der Waals surface area contributed by atoms with Crippen LogP contribution in [0, 0.1) is 5.82 Å². The monoisotopic (exact) mass is 401 g/mol. The Bertz CT molecular complexity index is 655. The van der Waals surface area contributed by atoms with Crippen LogP contribution in [-0.2, 0) is 10.0 Å². The SMILES string of the molecule is CCCCNC(=O)NS(=O)(=O)c1cc(Cl)c(Br)c(N)c1F. The molecule has 0 saturated carbocycles. The number of hydrogen-bond donors (Lipinski definition) is 3. The number of amides is 2. The minimum absolute atomic E-state index is 0.0491. The summed E-state index contributed by atoms with van der Waals surface area (Å²) in [6, 6.07) is -0.0700. The van der Waals surface area contributed by atoms with Crippen LogP contribution in [-0.4, -0.2) is 21.0 Å². The van der Waals surface area contributed by atoms with Crippen LogP contribution in [0.5, 0.6) is 0 Å². The van der Waals surface area contributed by atoms with Gasteiger partial charge in [0.15, 0.2) is 5.82 Å². The number of sulfonamides is 1. The molecule has 1 aromatic carbocycles. The van der Waals surface area contributed by atoms with Gasteiger partial charge in [0.1, 0.15) is 4.90 Å². The minimum atomic E-state index is -4.41. The molecule has 21 heavy (non-hydrogen) atoms. The molecule has 0 aromatic heterocycles. The molecule has 0 saturated heterocycles. The van der Waals surface area contributed by atoms with E-state index in [0.717, 1.165) is 12.5 Å². The lowest BCUT2D eigenvalue weighted by atomic mass is 10.3. The van der Waals surface area contributed by atoms with Crippen molar-refractivity contribution in [2.45, 2.75) is 24.7 Å². The lowest BCUT2D eigenvalue weighted by molar-refractivity contribution is 0.245. The average Bonchev–Trinajstić information content (AvgIpc) is 2.40. The van der Waals surface area contributed by atoms with Crippen molar-refractivity contribution < 1.29 is 17.6 Å². The van der Waals surface area contributed by atoms with E-state index in [2.05, 4.69) is 21.2 Å². The van der Waals surface area contributed by atoms with Gasteiger partial charge in [-0.15, -0.1) is 0 Å². The van der Waals surface area contributed by atoms with E-state index in [1.807, 2.05) is 6.92 Å². The first-order valence-electron chi connectivity index (χ1n) is 5.94.